The molecular formula is C23H28N4O2. The van der Waals surface area contributed by atoms with Gasteiger partial charge in [0.2, 0.25) is 0 Å². The third-order valence-corrected chi connectivity index (χ3v) is 6.08. The molecule has 0 unspecified atom stereocenters. The average molecular weight is 393 g/mol. The molecule has 1 amide bonds. The van der Waals surface area contributed by atoms with E-state index < -0.39 is 5.91 Å². The molecule has 2 aromatic carbocycles. The number of carbonyl (C=O) groups excluding carboxylic acids is 1. The minimum atomic E-state index is -0.471. The van der Waals surface area contributed by atoms with Crippen molar-refractivity contribution in [2.45, 2.75) is 38.6 Å². The molecule has 1 aliphatic carbocycles. The van der Waals surface area contributed by atoms with E-state index in [0.29, 0.717) is 11.1 Å². The lowest BCUT2D eigenvalue weighted by molar-refractivity contribution is 0.0810. The molecule has 1 fully saturated rings. The molecule has 3 aromatic rings. The molecule has 4 rings (SSSR count). The highest BCUT2D eigenvalue weighted by Crippen LogP contribution is 2.35. The number of primary amides is 1. The number of carbonyl (C=O) groups is 1. The predicted molar refractivity (Wildman–Crippen MR) is 114 cm³/mol. The van der Waals surface area contributed by atoms with E-state index in [1.54, 1.807) is 10.7 Å². The summed E-state index contributed by atoms with van der Waals surface area (Å²) in [6.45, 7) is 1.89. The minimum Gasteiger partial charge on any atom is -0.396 e. The number of nitrogens with zero attached hydrogens (tertiary/aromatic N) is 2. The van der Waals surface area contributed by atoms with Crippen LogP contribution in [0.2, 0.25) is 0 Å². The number of aliphatic hydroxyl groups is 1. The maximum absolute atomic E-state index is 11.6. The Balaban J connectivity index is 1.43. The zero-order valence-corrected chi connectivity index (χ0v) is 16.6. The Morgan fingerprint density at radius 1 is 1.14 bits per heavy atom. The number of hydrogen-bond acceptors (Lipinski definition) is 4. The van der Waals surface area contributed by atoms with Gasteiger partial charge in [0.15, 0.2) is 0 Å². The van der Waals surface area contributed by atoms with Crippen molar-refractivity contribution in [2.24, 2.45) is 11.1 Å². The zero-order valence-electron chi connectivity index (χ0n) is 16.6. The molecule has 6 nitrogen and oxygen atoms in total. The molecular weight excluding hydrogens is 364 g/mol. The molecule has 0 saturated heterocycles. The van der Waals surface area contributed by atoms with E-state index in [0.717, 1.165) is 37.0 Å². The first-order valence-corrected chi connectivity index (χ1v) is 10.3. The molecule has 1 aliphatic rings. The van der Waals surface area contributed by atoms with Crippen LogP contribution in [0.25, 0.3) is 16.6 Å². The number of aromatic nitrogens is 2. The quantitative estimate of drug-likeness (QED) is 0.576. The van der Waals surface area contributed by atoms with Crippen molar-refractivity contribution in [3.63, 3.8) is 0 Å². The van der Waals surface area contributed by atoms with E-state index >= 15 is 0 Å². The largest absolute Gasteiger partial charge is 0.396 e. The summed E-state index contributed by atoms with van der Waals surface area (Å²) in [6.07, 6.45) is 7.83. The van der Waals surface area contributed by atoms with Crippen LogP contribution in [0, 0.1) is 5.41 Å². The number of hydrogen-bond donors (Lipinski definition) is 3. The van der Waals surface area contributed by atoms with Crippen LogP contribution in [0.1, 0.15) is 48.0 Å². The summed E-state index contributed by atoms with van der Waals surface area (Å²) in [5, 5.41) is 18.8. The summed E-state index contributed by atoms with van der Waals surface area (Å²) in [4.78, 5) is 11.6. The molecule has 1 aromatic heterocycles. The second-order valence-electron chi connectivity index (χ2n) is 8.17. The fraction of sp³-hybridized carbons (Fsp3) is 0.391. The van der Waals surface area contributed by atoms with Gasteiger partial charge >= 0.3 is 0 Å². The van der Waals surface area contributed by atoms with Gasteiger partial charge in [0, 0.05) is 36.7 Å². The number of amides is 1. The highest BCUT2D eigenvalue weighted by atomic mass is 16.3. The van der Waals surface area contributed by atoms with Gasteiger partial charge in [-0.25, -0.2) is 4.68 Å². The van der Waals surface area contributed by atoms with E-state index in [4.69, 9.17) is 5.73 Å². The van der Waals surface area contributed by atoms with Crippen molar-refractivity contribution in [1.29, 1.82) is 0 Å². The van der Waals surface area contributed by atoms with Crippen LogP contribution in [-0.4, -0.2) is 33.9 Å². The Morgan fingerprint density at radius 2 is 1.90 bits per heavy atom. The topological polar surface area (TPSA) is 93.2 Å². The maximum atomic E-state index is 11.6. The van der Waals surface area contributed by atoms with Crippen LogP contribution in [0.3, 0.4) is 0 Å². The van der Waals surface area contributed by atoms with Gasteiger partial charge in [-0.2, -0.15) is 5.10 Å². The fourth-order valence-electron chi connectivity index (χ4n) is 4.31. The number of rotatable bonds is 7. The lowest BCUT2D eigenvalue weighted by Crippen LogP contribution is -2.38. The second kappa shape index (κ2) is 8.35. The van der Waals surface area contributed by atoms with Crippen molar-refractivity contribution >= 4 is 16.8 Å². The Labute approximate surface area is 170 Å². The second-order valence-corrected chi connectivity index (χ2v) is 8.17. The van der Waals surface area contributed by atoms with Crippen LogP contribution in [0.15, 0.2) is 48.7 Å². The van der Waals surface area contributed by atoms with E-state index in [2.05, 4.69) is 22.5 Å². The number of nitrogens with two attached hydrogens (primary N) is 1. The average Bonchev–Trinajstić information content (AvgIpc) is 3.19. The summed E-state index contributed by atoms with van der Waals surface area (Å²) >= 11 is 0. The third kappa shape index (κ3) is 4.18. The lowest BCUT2D eigenvalue weighted by Gasteiger charge is -2.35. The summed E-state index contributed by atoms with van der Waals surface area (Å²) in [5.74, 6) is -0.471. The summed E-state index contributed by atoms with van der Waals surface area (Å²) in [7, 11) is 0. The third-order valence-electron chi connectivity index (χ3n) is 6.08. The summed E-state index contributed by atoms with van der Waals surface area (Å²) in [5.41, 5.74) is 8.67. The van der Waals surface area contributed by atoms with Gasteiger partial charge in [0.05, 0.1) is 11.3 Å². The Hall–Kier alpha value is -2.70. The van der Waals surface area contributed by atoms with Crippen molar-refractivity contribution in [3.05, 3.63) is 59.8 Å². The number of benzene rings is 2. The predicted octanol–water partition coefficient (Wildman–Crippen LogP) is 3.16. The molecule has 6 heteroatoms. The number of aliphatic hydroxyl groups excluding tert-OH is 1. The van der Waals surface area contributed by atoms with E-state index in [9.17, 15) is 9.90 Å². The first-order valence-electron chi connectivity index (χ1n) is 10.3. The van der Waals surface area contributed by atoms with Gasteiger partial charge in [-0.1, -0.05) is 43.5 Å². The molecule has 0 aliphatic heterocycles. The Bertz CT molecular complexity index is 988. The van der Waals surface area contributed by atoms with Gasteiger partial charge in [-0.05, 0) is 36.6 Å². The van der Waals surface area contributed by atoms with E-state index in [1.807, 2.05) is 30.5 Å². The standard InChI is InChI=1S/C23H28N4O2/c24-22(29)20-6-4-5-18-14-27(26-21(18)20)19-9-7-17(8-10-19)13-25-15-23(16-28)11-2-1-3-12-23/h4-10,14,25,28H,1-3,11-13,15-16H2,(H2,24,29). The maximum Gasteiger partial charge on any atom is 0.250 e. The van der Waals surface area contributed by atoms with Crippen LogP contribution in [0.5, 0.6) is 0 Å². The van der Waals surface area contributed by atoms with Gasteiger partial charge in [0.1, 0.15) is 5.52 Å². The van der Waals surface area contributed by atoms with Gasteiger partial charge in [-0.3, -0.25) is 4.79 Å². The van der Waals surface area contributed by atoms with E-state index in [-0.39, 0.29) is 12.0 Å². The van der Waals surface area contributed by atoms with Crippen molar-refractivity contribution in [3.8, 4) is 5.69 Å². The van der Waals surface area contributed by atoms with Crippen LogP contribution in [-0.2, 0) is 6.54 Å². The Morgan fingerprint density at radius 3 is 2.59 bits per heavy atom. The van der Waals surface area contributed by atoms with Gasteiger partial charge < -0.3 is 16.2 Å². The molecule has 4 N–H and O–H groups in total. The van der Waals surface area contributed by atoms with Gasteiger partial charge in [0.25, 0.3) is 5.91 Å². The van der Waals surface area contributed by atoms with Gasteiger partial charge in [-0.15, -0.1) is 0 Å². The highest BCUT2D eigenvalue weighted by Gasteiger charge is 2.30. The first kappa shape index (κ1) is 19.6. The molecule has 0 spiro atoms. The monoisotopic (exact) mass is 392 g/mol. The number of fused-ring (bicyclic) bond motifs is 1. The molecule has 29 heavy (non-hydrogen) atoms. The molecule has 1 heterocycles. The lowest BCUT2D eigenvalue weighted by atomic mass is 9.74. The van der Waals surface area contributed by atoms with Crippen LogP contribution >= 0.6 is 0 Å². The normalized spacial score (nSPS) is 16.2. The molecule has 1 saturated carbocycles. The van der Waals surface area contributed by atoms with Crippen molar-refractivity contribution < 1.29 is 9.90 Å². The first-order chi connectivity index (χ1) is 14.1. The summed E-state index contributed by atoms with van der Waals surface area (Å²) in [6, 6.07) is 13.6. The molecule has 0 bridgehead atoms. The molecule has 152 valence electrons. The highest BCUT2D eigenvalue weighted by molar-refractivity contribution is 6.04. The summed E-state index contributed by atoms with van der Waals surface area (Å²) < 4.78 is 1.77. The van der Waals surface area contributed by atoms with Crippen molar-refractivity contribution in [1.82, 2.24) is 15.1 Å². The Kier molecular flexibility index (Phi) is 5.65. The SMILES string of the molecule is NC(=O)c1cccc2cn(-c3ccc(CNCC4(CO)CCCCC4)cc3)nc12. The molecule has 0 radical (unpaired) electrons. The molecule has 0 atom stereocenters. The van der Waals surface area contributed by atoms with Crippen molar-refractivity contribution in [2.75, 3.05) is 13.2 Å². The smallest absolute Gasteiger partial charge is 0.250 e. The number of nitrogens with one attached hydrogen (secondary N) is 1. The van der Waals surface area contributed by atoms with Crippen LogP contribution < -0.4 is 11.1 Å². The van der Waals surface area contributed by atoms with E-state index in [1.165, 1.54) is 24.8 Å². The fourth-order valence-corrected chi connectivity index (χ4v) is 4.31. The zero-order chi connectivity index (χ0) is 20.3. The van der Waals surface area contributed by atoms with Crippen LogP contribution in [0.4, 0.5) is 0 Å². The minimum absolute atomic E-state index is 0.0471.